The number of hydrazine groups is 2. The van der Waals surface area contributed by atoms with E-state index < -0.39 is 0 Å². The van der Waals surface area contributed by atoms with E-state index in [1.54, 1.807) is 0 Å². The van der Waals surface area contributed by atoms with Gasteiger partial charge in [-0.05, 0) is 25.7 Å². The zero-order valence-electron chi connectivity index (χ0n) is 28.0. The number of unbranched alkanes of at least 4 members (excludes halogenated alkanes) is 24. The highest BCUT2D eigenvalue weighted by molar-refractivity contribution is 4.60. The molecule has 0 spiro atoms. The molecule has 0 amide bonds. The van der Waals surface area contributed by atoms with Gasteiger partial charge < -0.3 is 0 Å². The van der Waals surface area contributed by atoms with Crippen LogP contribution in [0, 0.1) is 0 Å². The molecule has 0 atom stereocenters. The molecule has 3 heteroatoms. The van der Waals surface area contributed by atoms with Crippen LogP contribution in [-0.2, 0) is 0 Å². The average molecular weight is 552 g/mol. The Hall–Kier alpha value is -0.120. The Morgan fingerprint density at radius 2 is 0.590 bits per heavy atom. The van der Waals surface area contributed by atoms with Gasteiger partial charge in [0, 0.05) is 26.2 Å². The zero-order chi connectivity index (χ0) is 28.5. The molecule has 0 aliphatic carbocycles. The Bertz CT molecular complexity index is 412. The van der Waals surface area contributed by atoms with Crippen LogP contribution in [0.5, 0.6) is 0 Å². The summed E-state index contributed by atoms with van der Waals surface area (Å²) in [4.78, 5) is 0. The lowest BCUT2D eigenvalue weighted by atomic mass is 10.1. The van der Waals surface area contributed by atoms with Crippen LogP contribution in [0.1, 0.15) is 207 Å². The molecule has 0 aliphatic rings. The van der Waals surface area contributed by atoms with Crippen molar-refractivity contribution < 1.29 is 0 Å². The molecule has 0 unspecified atom stereocenters. The fourth-order valence-electron chi connectivity index (χ4n) is 5.69. The number of hydrogen-bond acceptors (Lipinski definition) is 3. The Morgan fingerprint density at radius 3 is 0.949 bits per heavy atom. The highest BCUT2D eigenvalue weighted by Crippen LogP contribution is 2.14. The summed E-state index contributed by atoms with van der Waals surface area (Å²) in [6.45, 7) is 14.1. The van der Waals surface area contributed by atoms with Crippen LogP contribution in [0.15, 0.2) is 0 Å². The molecule has 0 saturated heterocycles. The van der Waals surface area contributed by atoms with Gasteiger partial charge in [0.1, 0.15) is 0 Å². The van der Waals surface area contributed by atoms with Crippen molar-refractivity contribution in [3.63, 3.8) is 0 Å². The van der Waals surface area contributed by atoms with E-state index in [-0.39, 0.29) is 0 Å². The standard InChI is InChI=1S/C36H77N3/c1-5-9-13-17-21-22-23-24-28-32-36-39(37-33-29-25-18-14-10-6-2)38(34-30-26-19-15-11-7-3)35-31-27-20-16-12-8-4/h37H,5-36H2,1-4H3. The summed E-state index contributed by atoms with van der Waals surface area (Å²) in [6, 6.07) is 0. The minimum atomic E-state index is 1.15. The molecule has 0 rings (SSSR count). The summed E-state index contributed by atoms with van der Waals surface area (Å²) in [5, 5.41) is 5.32. The number of rotatable bonds is 34. The van der Waals surface area contributed by atoms with E-state index in [2.05, 4.69) is 43.2 Å². The maximum Gasteiger partial charge on any atom is 0.0290 e. The van der Waals surface area contributed by atoms with Crippen LogP contribution in [0.2, 0.25) is 0 Å². The molecule has 0 aromatic carbocycles. The van der Waals surface area contributed by atoms with Gasteiger partial charge in [0.15, 0.2) is 0 Å². The third kappa shape index (κ3) is 29.2. The van der Waals surface area contributed by atoms with Crippen molar-refractivity contribution in [1.29, 1.82) is 0 Å². The third-order valence-corrected chi connectivity index (χ3v) is 8.43. The highest BCUT2D eigenvalue weighted by atomic mass is 15.8. The van der Waals surface area contributed by atoms with Crippen LogP contribution in [0.25, 0.3) is 0 Å². The maximum atomic E-state index is 3.92. The van der Waals surface area contributed by atoms with Gasteiger partial charge in [-0.25, -0.2) is 10.4 Å². The number of nitrogens with one attached hydrogen (secondary N) is 1. The van der Waals surface area contributed by atoms with Crippen LogP contribution < -0.4 is 5.43 Å². The predicted octanol–water partition coefficient (Wildman–Crippen LogP) is 12.0. The van der Waals surface area contributed by atoms with Gasteiger partial charge in [-0.2, -0.15) is 5.12 Å². The zero-order valence-corrected chi connectivity index (χ0v) is 28.0. The van der Waals surface area contributed by atoms with Gasteiger partial charge in [-0.3, -0.25) is 0 Å². The predicted molar refractivity (Wildman–Crippen MR) is 178 cm³/mol. The molecular formula is C36H77N3. The largest absolute Gasteiger partial charge is 0.241 e. The third-order valence-electron chi connectivity index (χ3n) is 8.43. The average Bonchev–Trinajstić information content (AvgIpc) is 2.95. The van der Waals surface area contributed by atoms with Crippen LogP contribution in [0.4, 0.5) is 0 Å². The fourth-order valence-corrected chi connectivity index (χ4v) is 5.69. The summed E-state index contributed by atoms with van der Waals surface area (Å²) in [6.07, 6.45) is 39.2. The first-order valence-corrected chi connectivity index (χ1v) is 18.6. The molecule has 0 heterocycles. The van der Waals surface area contributed by atoms with E-state index in [0.717, 1.165) is 6.54 Å². The van der Waals surface area contributed by atoms with Crippen molar-refractivity contribution in [2.75, 3.05) is 26.2 Å². The van der Waals surface area contributed by atoms with Crippen molar-refractivity contribution >= 4 is 0 Å². The molecule has 0 saturated carbocycles. The van der Waals surface area contributed by atoms with Crippen LogP contribution in [0.3, 0.4) is 0 Å². The van der Waals surface area contributed by atoms with Crippen molar-refractivity contribution in [1.82, 2.24) is 15.6 Å². The molecule has 1 N–H and O–H groups in total. The first-order chi connectivity index (χ1) is 19.3. The van der Waals surface area contributed by atoms with Gasteiger partial charge in [-0.1, -0.05) is 182 Å². The second-order valence-corrected chi connectivity index (χ2v) is 12.5. The normalized spacial score (nSPS) is 11.8. The molecule has 0 aliphatic heterocycles. The van der Waals surface area contributed by atoms with E-state index in [0.29, 0.717) is 0 Å². The van der Waals surface area contributed by atoms with E-state index in [1.807, 2.05) is 0 Å². The second kappa shape index (κ2) is 34.1. The topological polar surface area (TPSA) is 18.5 Å². The van der Waals surface area contributed by atoms with Gasteiger partial charge in [0.05, 0.1) is 0 Å². The summed E-state index contributed by atoms with van der Waals surface area (Å²) in [5.41, 5.74) is 3.92. The van der Waals surface area contributed by atoms with Gasteiger partial charge >= 0.3 is 0 Å². The van der Waals surface area contributed by atoms with Crippen molar-refractivity contribution in [2.24, 2.45) is 0 Å². The van der Waals surface area contributed by atoms with Crippen molar-refractivity contribution in [3.8, 4) is 0 Å². The monoisotopic (exact) mass is 552 g/mol. The van der Waals surface area contributed by atoms with Gasteiger partial charge in [-0.15, -0.1) is 0 Å². The summed E-state index contributed by atoms with van der Waals surface area (Å²) < 4.78 is 0. The fraction of sp³-hybridized carbons (Fsp3) is 1.00. The molecule has 0 bridgehead atoms. The molecular weight excluding hydrogens is 474 g/mol. The first kappa shape index (κ1) is 38.9. The number of hydrogen-bond donors (Lipinski definition) is 1. The lowest BCUT2D eigenvalue weighted by Gasteiger charge is -2.36. The van der Waals surface area contributed by atoms with E-state index >= 15 is 0 Å². The highest BCUT2D eigenvalue weighted by Gasteiger charge is 2.14. The Labute approximate surface area is 249 Å². The van der Waals surface area contributed by atoms with E-state index in [9.17, 15) is 0 Å². The Balaban J connectivity index is 4.65. The first-order valence-electron chi connectivity index (χ1n) is 18.6. The summed E-state index contributed by atoms with van der Waals surface area (Å²) in [7, 11) is 0. The van der Waals surface area contributed by atoms with Gasteiger partial charge in [0.25, 0.3) is 0 Å². The van der Waals surface area contributed by atoms with Crippen LogP contribution in [-0.4, -0.2) is 36.3 Å². The summed E-state index contributed by atoms with van der Waals surface area (Å²) >= 11 is 0. The van der Waals surface area contributed by atoms with Crippen LogP contribution >= 0.6 is 0 Å². The smallest absolute Gasteiger partial charge is 0.0290 e. The Morgan fingerprint density at radius 1 is 0.308 bits per heavy atom. The minimum absolute atomic E-state index is 1.15. The lowest BCUT2D eigenvalue weighted by Crippen LogP contribution is -2.52. The SMILES string of the molecule is CCCCCCCCCCCCN(NCCCCCCCC)N(CCCCCCCC)CCCCCCCC. The lowest BCUT2D eigenvalue weighted by molar-refractivity contribution is -0.0737. The van der Waals surface area contributed by atoms with Crippen molar-refractivity contribution in [2.45, 2.75) is 207 Å². The Kier molecular flexibility index (Phi) is 34.0. The molecule has 0 aromatic rings. The summed E-state index contributed by atoms with van der Waals surface area (Å²) in [5.74, 6) is 0. The molecule has 0 fully saturated rings. The maximum absolute atomic E-state index is 3.92. The molecule has 3 nitrogen and oxygen atoms in total. The molecule has 39 heavy (non-hydrogen) atoms. The van der Waals surface area contributed by atoms with E-state index in [4.69, 9.17) is 0 Å². The second-order valence-electron chi connectivity index (χ2n) is 12.5. The van der Waals surface area contributed by atoms with Crippen molar-refractivity contribution in [3.05, 3.63) is 0 Å². The molecule has 0 radical (unpaired) electrons. The minimum Gasteiger partial charge on any atom is -0.241 e. The van der Waals surface area contributed by atoms with E-state index in [1.165, 1.54) is 199 Å². The van der Waals surface area contributed by atoms with Gasteiger partial charge in [0.2, 0.25) is 0 Å². The number of nitrogens with zero attached hydrogens (tertiary/aromatic N) is 2. The molecule has 236 valence electrons. The quantitative estimate of drug-likeness (QED) is 0.0633. The molecule has 0 aromatic heterocycles.